The van der Waals surface area contributed by atoms with Gasteiger partial charge in [-0.25, -0.2) is 0 Å². The summed E-state index contributed by atoms with van der Waals surface area (Å²) in [5.74, 6) is 0. The van der Waals surface area contributed by atoms with Gasteiger partial charge in [0.1, 0.15) is 0 Å². The predicted molar refractivity (Wildman–Crippen MR) is 107 cm³/mol. The Morgan fingerprint density at radius 2 is 1.15 bits per heavy atom. The van der Waals surface area contributed by atoms with Gasteiger partial charge >= 0.3 is 0 Å². The van der Waals surface area contributed by atoms with Crippen LogP contribution >= 0.6 is 0 Å². The maximum Gasteiger partial charge on any atom is -0.000706 e. The Morgan fingerprint density at radius 3 is 2.00 bits per heavy atom. The molecule has 0 heterocycles. The number of fused-ring (bicyclic) bond motifs is 6. The van der Waals surface area contributed by atoms with E-state index in [9.17, 15) is 0 Å². The van der Waals surface area contributed by atoms with Crippen molar-refractivity contribution in [1.29, 1.82) is 0 Å². The molecule has 4 aromatic carbocycles. The molecule has 2 aliphatic carbocycles. The Bertz CT molecular complexity index is 1180. The Kier molecular flexibility index (Phi) is 2.81. The van der Waals surface area contributed by atoms with E-state index < -0.39 is 0 Å². The zero-order valence-electron chi connectivity index (χ0n) is 14.4. The monoisotopic (exact) mass is 329 g/mol. The summed E-state index contributed by atoms with van der Waals surface area (Å²) in [7, 11) is 0. The van der Waals surface area contributed by atoms with Gasteiger partial charge < -0.3 is 0 Å². The van der Waals surface area contributed by atoms with E-state index in [0.29, 0.717) is 0 Å². The summed E-state index contributed by atoms with van der Waals surface area (Å²) in [5, 5.41) is 0. The van der Waals surface area contributed by atoms with E-state index in [1.165, 1.54) is 55.6 Å². The molecule has 6 rings (SSSR count). The van der Waals surface area contributed by atoms with Crippen molar-refractivity contribution >= 4 is 0 Å². The first-order chi connectivity index (χ1) is 12.9. The van der Waals surface area contributed by atoms with Crippen LogP contribution in [0.2, 0.25) is 0 Å². The molecule has 0 heteroatoms. The summed E-state index contributed by atoms with van der Waals surface area (Å²) in [6.07, 6.45) is 2.02. The van der Waals surface area contributed by atoms with Crippen LogP contribution in [0.25, 0.3) is 33.4 Å². The molecule has 0 bridgehead atoms. The highest BCUT2D eigenvalue weighted by molar-refractivity contribution is 5.86. The van der Waals surface area contributed by atoms with Gasteiger partial charge in [0.25, 0.3) is 0 Å². The van der Waals surface area contributed by atoms with Crippen molar-refractivity contribution in [3.8, 4) is 33.4 Å². The molecule has 4 aromatic rings. The van der Waals surface area contributed by atoms with Crippen molar-refractivity contribution in [2.24, 2.45) is 0 Å². The molecule has 0 aromatic heterocycles. The average Bonchev–Trinajstić information content (AvgIpc) is 3.25. The van der Waals surface area contributed by atoms with E-state index in [-0.39, 0.29) is 0 Å². The highest BCUT2D eigenvalue weighted by Crippen LogP contribution is 2.43. The summed E-state index contributed by atoms with van der Waals surface area (Å²) in [6, 6.07) is 32.5. The molecule has 0 aliphatic heterocycles. The molecule has 121 valence electrons. The Balaban J connectivity index is 1.50. The van der Waals surface area contributed by atoms with E-state index in [0.717, 1.165) is 12.8 Å². The zero-order chi connectivity index (χ0) is 17.1. The zero-order valence-corrected chi connectivity index (χ0v) is 14.4. The van der Waals surface area contributed by atoms with Gasteiger partial charge in [0.2, 0.25) is 0 Å². The average molecular weight is 329 g/mol. The predicted octanol–water partition coefficient (Wildman–Crippen LogP) is 6.30. The second kappa shape index (κ2) is 5.19. The summed E-state index contributed by atoms with van der Waals surface area (Å²) < 4.78 is 0. The summed E-state index contributed by atoms with van der Waals surface area (Å²) in [6.45, 7) is 0. The lowest BCUT2D eigenvalue weighted by atomic mass is 9.93. The molecule has 0 unspecified atom stereocenters. The van der Waals surface area contributed by atoms with Crippen molar-refractivity contribution in [2.75, 3.05) is 0 Å². The molecular weight excluding hydrogens is 312 g/mol. The van der Waals surface area contributed by atoms with Crippen LogP contribution in [0.3, 0.4) is 0 Å². The molecule has 0 fully saturated rings. The van der Waals surface area contributed by atoms with Crippen molar-refractivity contribution < 1.29 is 0 Å². The molecule has 1 radical (unpaired) electrons. The first kappa shape index (κ1) is 14.1. The molecule has 0 atom stereocenters. The molecular formula is C26H17. The van der Waals surface area contributed by atoms with Crippen LogP contribution in [-0.2, 0) is 12.8 Å². The molecule has 2 aliphatic rings. The number of hydrogen-bond donors (Lipinski definition) is 0. The van der Waals surface area contributed by atoms with E-state index in [2.05, 4.69) is 84.9 Å². The van der Waals surface area contributed by atoms with Gasteiger partial charge in [-0.1, -0.05) is 78.9 Å². The van der Waals surface area contributed by atoms with Crippen LogP contribution in [0, 0.1) is 6.07 Å². The van der Waals surface area contributed by atoms with Gasteiger partial charge in [-0.15, -0.1) is 0 Å². The third kappa shape index (κ3) is 1.90. The van der Waals surface area contributed by atoms with Gasteiger partial charge in [0.05, 0.1) is 0 Å². The smallest absolute Gasteiger partial charge is 0.000706 e. The van der Waals surface area contributed by atoms with Crippen LogP contribution in [-0.4, -0.2) is 0 Å². The fourth-order valence-corrected chi connectivity index (χ4v) is 4.62. The van der Waals surface area contributed by atoms with Crippen LogP contribution in [0.1, 0.15) is 22.3 Å². The number of benzene rings is 4. The fourth-order valence-electron chi connectivity index (χ4n) is 4.62. The molecule has 0 saturated carbocycles. The van der Waals surface area contributed by atoms with Crippen molar-refractivity contribution in [3.63, 3.8) is 0 Å². The van der Waals surface area contributed by atoms with E-state index in [1.807, 2.05) is 0 Å². The molecule has 0 spiro atoms. The molecule has 0 nitrogen and oxygen atoms in total. The lowest BCUT2D eigenvalue weighted by molar-refractivity contribution is 1.24. The van der Waals surface area contributed by atoms with E-state index >= 15 is 0 Å². The van der Waals surface area contributed by atoms with E-state index in [4.69, 9.17) is 0 Å². The Labute approximate surface area is 153 Å². The molecule has 0 N–H and O–H groups in total. The van der Waals surface area contributed by atoms with Crippen LogP contribution in [0.15, 0.2) is 78.9 Å². The van der Waals surface area contributed by atoms with Gasteiger partial charge in [0.15, 0.2) is 0 Å². The minimum absolute atomic E-state index is 0.995. The Morgan fingerprint density at radius 1 is 0.500 bits per heavy atom. The lowest BCUT2D eigenvalue weighted by Crippen LogP contribution is -1.90. The van der Waals surface area contributed by atoms with Crippen LogP contribution in [0.5, 0.6) is 0 Å². The summed E-state index contributed by atoms with van der Waals surface area (Å²) in [4.78, 5) is 0. The summed E-state index contributed by atoms with van der Waals surface area (Å²) >= 11 is 0. The van der Waals surface area contributed by atoms with Gasteiger partial charge in [-0.2, -0.15) is 0 Å². The van der Waals surface area contributed by atoms with Crippen molar-refractivity contribution in [1.82, 2.24) is 0 Å². The minimum Gasteiger partial charge on any atom is -0.0619 e. The second-order valence-corrected chi connectivity index (χ2v) is 7.26. The third-order valence-electron chi connectivity index (χ3n) is 5.84. The van der Waals surface area contributed by atoms with Gasteiger partial charge in [-0.05, 0) is 74.5 Å². The maximum absolute atomic E-state index is 3.74. The Hall–Kier alpha value is -3.12. The second-order valence-electron chi connectivity index (χ2n) is 7.26. The first-order valence-electron chi connectivity index (χ1n) is 9.22. The van der Waals surface area contributed by atoms with E-state index in [1.54, 1.807) is 0 Å². The van der Waals surface area contributed by atoms with Crippen LogP contribution in [0.4, 0.5) is 0 Å². The molecule has 0 saturated heterocycles. The van der Waals surface area contributed by atoms with Crippen molar-refractivity contribution in [2.45, 2.75) is 12.8 Å². The number of hydrogen-bond acceptors (Lipinski definition) is 0. The topological polar surface area (TPSA) is 0 Å². The van der Waals surface area contributed by atoms with Crippen LogP contribution < -0.4 is 0 Å². The highest BCUT2D eigenvalue weighted by atomic mass is 14.3. The first-order valence-corrected chi connectivity index (χ1v) is 9.22. The van der Waals surface area contributed by atoms with Gasteiger partial charge in [0, 0.05) is 0 Å². The maximum atomic E-state index is 3.74. The number of rotatable bonds is 1. The quantitative estimate of drug-likeness (QED) is 0.332. The minimum atomic E-state index is 0.995. The SMILES string of the molecule is [c]1c(-c2cccc3c2Cc2ccccc2-3)ccc2c1Cc1ccccc1-2. The lowest BCUT2D eigenvalue weighted by Gasteiger charge is -2.10. The third-order valence-corrected chi connectivity index (χ3v) is 5.84. The largest absolute Gasteiger partial charge is 0.0619 e. The fraction of sp³-hybridized carbons (Fsp3) is 0.0769. The molecule has 26 heavy (non-hydrogen) atoms. The highest BCUT2D eigenvalue weighted by Gasteiger charge is 2.23. The van der Waals surface area contributed by atoms with Crippen molar-refractivity contribution in [3.05, 3.63) is 107 Å². The van der Waals surface area contributed by atoms with Gasteiger partial charge in [-0.3, -0.25) is 0 Å². The summed E-state index contributed by atoms with van der Waals surface area (Å²) in [5.41, 5.74) is 13.7. The standard InChI is InChI=1S/C26H17/c1-3-8-21-17(6-1)14-20-15-19(12-13-24(20)21)23-10-5-11-25-22-9-4-2-7-18(22)16-26(23)25/h1-13H,14,16H2. The normalized spacial score (nSPS) is 13.1. The molecule has 0 amide bonds.